The van der Waals surface area contributed by atoms with Gasteiger partial charge in [0, 0.05) is 17.3 Å². The van der Waals surface area contributed by atoms with Crippen molar-refractivity contribution in [3.63, 3.8) is 0 Å². The fourth-order valence-corrected chi connectivity index (χ4v) is 2.63. The summed E-state index contributed by atoms with van der Waals surface area (Å²) in [6, 6.07) is 18.6. The van der Waals surface area contributed by atoms with Gasteiger partial charge in [0.25, 0.3) is 0 Å². The average Bonchev–Trinajstić information content (AvgIpc) is 2.92. The van der Waals surface area contributed by atoms with Crippen molar-refractivity contribution in [1.29, 1.82) is 0 Å². The van der Waals surface area contributed by atoms with Gasteiger partial charge >= 0.3 is 0 Å². The second kappa shape index (κ2) is 4.46. The molecule has 0 saturated carbocycles. The summed E-state index contributed by atoms with van der Waals surface area (Å²) in [7, 11) is 0. The zero-order valence-electron chi connectivity index (χ0n) is 10.9. The molecule has 3 nitrogen and oxygen atoms in total. The van der Waals surface area contributed by atoms with Crippen LogP contribution in [0, 0.1) is 0 Å². The number of benzene rings is 2. The second-order valence-corrected chi connectivity index (χ2v) is 4.77. The van der Waals surface area contributed by atoms with Crippen molar-refractivity contribution in [2.45, 2.75) is 0 Å². The fraction of sp³-hybridized carbons (Fsp3) is 0.0588. The molecule has 0 amide bonds. The average molecular weight is 259 g/mol. The molecule has 4 rings (SSSR count). The van der Waals surface area contributed by atoms with Crippen LogP contribution in [0.3, 0.4) is 0 Å². The predicted molar refractivity (Wildman–Crippen MR) is 82.4 cm³/mol. The molecule has 0 N–H and O–H groups in total. The van der Waals surface area contributed by atoms with E-state index in [-0.39, 0.29) is 0 Å². The Labute approximate surface area is 117 Å². The molecule has 0 atom stereocenters. The number of rotatable bonds is 1. The minimum atomic E-state index is 0.806. The van der Waals surface area contributed by atoms with E-state index < -0.39 is 0 Å². The zero-order chi connectivity index (χ0) is 13.4. The van der Waals surface area contributed by atoms with E-state index in [9.17, 15) is 0 Å². The number of para-hydroxylation sites is 1. The summed E-state index contributed by atoms with van der Waals surface area (Å²) in [6.45, 7) is 0.806. The Balaban J connectivity index is 1.95. The lowest BCUT2D eigenvalue weighted by atomic mass is 10.0. The number of hydrogen-bond acceptors (Lipinski definition) is 3. The molecule has 2 aliphatic heterocycles. The van der Waals surface area contributed by atoms with E-state index in [1.807, 2.05) is 30.6 Å². The van der Waals surface area contributed by atoms with E-state index in [0.29, 0.717) is 0 Å². The van der Waals surface area contributed by atoms with Gasteiger partial charge in [0.2, 0.25) is 0 Å². The van der Waals surface area contributed by atoms with E-state index in [4.69, 9.17) is 0 Å². The number of nitrogens with zero attached hydrogens (tertiary/aromatic N) is 3. The topological polar surface area (TPSA) is 28.0 Å². The van der Waals surface area contributed by atoms with Crippen LogP contribution in [0.1, 0.15) is 11.1 Å². The Morgan fingerprint density at radius 3 is 2.60 bits per heavy atom. The summed E-state index contributed by atoms with van der Waals surface area (Å²) in [5.74, 6) is 0.906. The Morgan fingerprint density at radius 1 is 0.900 bits per heavy atom. The molecule has 2 aromatic carbocycles. The Morgan fingerprint density at radius 2 is 1.70 bits per heavy atom. The van der Waals surface area contributed by atoms with E-state index in [1.54, 1.807) is 0 Å². The number of fused-ring (bicyclic) bond motifs is 3. The first-order chi connectivity index (χ1) is 9.93. The van der Waals surface area contributed by atoms with Crippen LogP contribution in [0.15, 0.2) is 76.6 Å². The summed E-state index contributed by atoms with van der Waals surface area (Å²) in [5.41, 5.74) is 4.44. The van der Waals surface area contributed by atoms with Crippen LogP contribution in [-0.4, -0.2) is 18.5 Å². The summed E-state index contributed by atoms with van der Waals surface area (Å²) in [5, 5.41) is 0. The van der Waals surface area contributed by atoms with Gasteiger partial charge in [-0.05, 0) is 6.07 Å². The number of hydrogen-bond donors (Lipinski definition) is 0. The third kappa shape index (κ3) is 1.67. The maximum absolute atomic E-state index is 4.68. The van der Waals surface area contributed by atoms with Crippen LogP contribution < -0.4 is 4.90 Å². The van der Waals surface area contributed by atoms with Gasteiger partial charge in [-0.25, -0.2) is 4.99 Å². The third-order valence-corrected chi connectivity index (χ3v) is 3.57. The number of anilines is 1. The Bertz CT molecular complexity index is 742. The lowest BCUT2D eigenvalue weighted by Gasteiger charge is -2.20. The van der Waals surface area contributed by atoms with E-state index in [1.165, 1.54) is 0 Å². The first kappa shape index (κ1) is 11.2. The van der Waals surface area contributed by atoms with Crippen LogP contribution in [0.5, 0.6) is 0 Å². The van der Waals surface area contributed by atoms with Crippen molar-refractivity contribution >= 4 is 17.6 Å². The van der Waals surface area contributed by atoms with Gasteiger partial charge in [-0.2, -0.15) is 0 Å². The van der Waals surface area contributed by atoms with E-state index >= 15 is 0 Å². The van der Waals surface area contributed by atoms with E-state index in [0.717, 1.165) is 34.9 Å². The predicted octanol–water partition coefficient (Wildman–Crippen LogP) is 3.23. The molecule has 3 heteroatoms. The molecule has 2 aromatic rings. The van der Waals surface area contributed by atoms with Crippen molar-refractivity contribution in [1.82, 2.24) is 0 Å². The molecule has 0 aliphatic carbocycles. The molecule has 0 radical (unpaired) electrons. The van der Waals surface area contributed by atoms with Crippen LogP contribution in [0.25, 0.3) is 0 Å². The maximum atomic E-state index is 4.68. The van der Waals surface area contributed by atoms with Gasteiger partial charge in [0.05, 0.1) is 24.1 Å². The van der Waals surface area contributed by atoms with Crippen LogP contribution in [-0.2, 0) is 0 Å². The zero-order valence-corrected chi connectivity index (χ0v) is 10.9. The minimum Gasteiger partial charge on any atom is -0.319 e. The first-order valence-corrected chi connectivity index (χ1v) is 6.66. The van der Waals surface area contributed by atoms with Gasteiger partial charge in [0.1, 0.15) is 0 Å². The van der Waals surface area contributed by atoms with Crippen LogP contribution >= 0.6 is 0 Å². The Hall–Kier alpha value is -2.68. The van der Waals surface area contributed by atoms with Crippen LogP contribution in [0.4, 0.5) is 5.69 Å². The Kier molecular flexibility index (Phi) is 2.49. The molecule has 0 fully saturated rings. The lowest BCUT2D eigenvalue weighted by molar-refractivity contribution is 1.07. The highest BCUT2D eigenvalue weighted by Crippen LogP contribution is 2.31. The largest absolute Gasteiger partial charge is 0.319 e. The molecule has 2 aliphatic rings. The SMILES string of the molecule is C1=NC2=CN=C(c3ccccc3)c3ccccc3N2C1. The maximum Gasteiger partial charge on any atom is 0.151 e. The third-order valence-electron chi connectivity index (χ3n) is 3.57. The summed E-state index contributed by atoms with van der Waals surface area (Å²) in [6.07, 6.45) is 3.78. The first-order valence-electron chi connectivity index (χ1n) is 6.66. The highest BCUT2D eigenvalue weighted by Gasteiger charge is 2.23. The second-order valence-electron chi connectivity index (χ2n) is 4.77. The fourth-order valence-electron chi connectivity index (χ4n) is 2.63. The monoisotopic (exact) mass is 259 g/mol. The molecule has 0 bridgehead atoms. The summed E-state index contributed by atoms with van der Waals surface area (Å²) in [4.78, 5) is 11.3. The smallest absolute Gasteiger partial charge is 0.151 e. The molecule has 20 heavy (non-hydrogen) atoms. The van der Waals surface area contributed by atoms with Crippen molar-refractivity contribution in [3.05, 3.63) is 77.7 Å². The van der Waals surface area contributed by atoms with Gasteiger partial charge in [-0.3, -0.25) is 4.99 Å². The van der Waals surface area contributed by atoms with Gasteiger partial charge < -0.3 is 4.90 Å². The van der Waals surface area contributed by atoms with Gasteiger partial charge in [-0.1, -0.05) is 48.5 Å². The standard InChI is InChI=1S/C17H13N3/c1-2-6-13(7-3-1)17-14-8-4-5-9-15(14)20-11-10-18-16(20)12-19-17/h1-10,12H,11H2. The quantitative estimate of drug-likeness (QED) is 0.772. The molecule has 2 heterocycles. The summed E-state index contributed by atoms with van der Waals surface area (Å²) >= 11 is 0. The molecule has 0 spiro atoms. The molecule has 0 unspecified atom stereocenters. The highest BCUT2D eigenvalue weighted by molar-refractivity contribution is 6.17. The molecule has 0 saturated heterocycles. The normalized spacial score (nSPS) is 16.1. The molecular weight excluding hydrogens is 246 g/mol. The van der Waals surface area contributed by atoms with Crippen molar-refractivity contribution in [3.8, 4) is 0 Å². The van der Waals surface area contributed by atoms with Crippen molar-refractivity contribution in [2.75, 3.05) is 11.4 Å². The van der Waals surface area contributed by atoms with Crippen molar-refractivity contribution in [2.24, 2.45) is 9.98 Å². The highest BCUT2D eigenvalue weighted by atomic mass is 15.3. The van der Waals surface area contributed by atoms with Gasteiger partial charge in [0.15, 0.2) is 5.82 Å². The minimum absolute atomic E-state index is 0.806. The lowest BCUT2D eigenvalue weighted by Crippen LogP contribution is -2.19. The summed E-state index contributed by atoms with van der Waals surface area (Å²) < 4.78 is 0. The van der Waals surface area contributed by atoms with E-state index in [2.05, 4.69) is 51.3 Å². The molecule has 96 valence electrons. The van der Waals surface area contributed by atoms with Gasteiger partial charge in [-0.15, -0.1) is 0 Å². The molecule has 0 aromatic heterocycles. The number of aliphatic imine (C=N–C) groups is 2. The molecular formula is C17H13N3. The van der Waals surface area contributed by atoms with Crippen LogP contribution in [0.2, 0.25) is 0 Å². The van der Waals surface area contributed by atoms with Crippen molar-refractivity contribution < 1.29 is 0 Å².